The number of likely N-dealkylation sites (tertiary alicyclic amines) is 1. The quantitative estimate of drug-likeness (QED) is 0.702. The summed E-state index contributed by atoms with van der Waals surface area (Å²) in [6.45, 7) is 2.65. The lowest BCUT2D eigenvalue weighted by Crippen LogP contribution is -2.36. The number of benzene rings is 2. The maximum absolute atomic E-state index is 13.4. The van der Waals surface area contributed by atoms with Crippen molar-refractivity contribution >= 4 is 38.9 Å². The number of halogens is 2. The van der Waals surface area contributed by atoms with Gasteiger partial charge in [-0.25, -0.2) is 4.39 Å². The molecule has 1 unspecified atom stereocenters. The van der Waals surface area contributed by atoms with Crippen LogP contribution in [0.15, 0.2) is 48.5 Å². The van der Waals surface area contributed by atoms with Crippen LogP contribution in [0.25, 0.3) is 10.1 Å². The van der Waals surface area contributed by atoms with Gasteiger partial charge in [-0.2, -0.15) is 0 Å². The summed E-state index contributed by atoms with van der Waals surface area (Å²) in [4.78, 5) is 15.4. The minimum atomic E-state index is -0.324. The molecule has 2 heterocycles. The van der Waals surface area contributed by atoms with Crippen molar-refractivity contribution in [3.05, 3.63) is 69.8 Å². The number of hydrogen-bond donors (Lipinski definition) is 1. The van der Waals surface area contributed by atoms with Crippen molar-refractivity contribution in [2.45, 2.75) is 19.0 Å². The first-order valence-corrected chi connectivity index (χ1v) is 9.74. The summed E-state index contributed by atoms with van der Waals surface area (Å²) in [5, 5.41) is 4.21. The van der Waals surface area contributed by atoms with Gasteiger partial charge in [-0.15, -0.1) is 11.3 Å². The Hall–Kier alpha value is -1.95. The molecular weight excluding hydrogens is 371 g/mol. The van der Waals surface area contributed by atoms with Gasteiger partial charge in [-0.3, -0.25) is 9.69 Å². The Labute approximate surface area is 160 Å². The van der Waals surface area contributed by atoms with Crippen LogP contribution in [0.2, 0.25) is 5.02 Å². The van der Waals surface area contributed by atoms with Crippen LogP contribution < -0.4 is 5.32 Å². The second-order valence-corrected chi connectivity index (χ2v) is 8.00. The molecule has 1 aromatic heterocycles. The highest BCUT2D eigenvalue weighted by atomic mass is 35.5. The number of fused-ring (bicyclic) bond motifs is 1. The molecule has 3 nitrogen and oxygen atoms in total. The molecule has 1 N–H and O–H groups in total. The Morgan fingerprint density at radius 1 is 1.27 bits per heavy atom. The summed E-state index contributed by atoms with van der Waals surface area (Å²) in [6, 6.07) is 14.8. The molecule has 1 fully saturated rings. The predicted octanol–water partition coefficient (Wildman–Crippen LogP) is 4.70. The second kappa shape index (κ2) is 7.35. The Morgan fingerprint density at radius 2 is 2.08 bits per heavy atom. The van der Waals surface area contributed by atoms with E-state index >= 15 is 0 Å². The molecule has 134 valence electrons. The predicted molar refractivity (Wildman–Crippen MR) is 104 cm³/mol. The van der Waals surface area contributed by atoms with Crippen molar-refractivity contribution in [3.8, 4) is 0 Å². The molecule has 1 amide bonds. The summed E-state index contributed by atoms with van der Waals surface area (Å²) in [6.07, 6.45) is 0.912. The van der Waals surface area contributed by atoms with E-state index < -0.39 is 0 Å². The highest BCUT2D eigenvalue weighted by Crippen LogP contribution is 2.35. The van der Waals surface area contributed by atoms with Crippen molar-refractivity contribution in [1.29, 1.82) is 0 Å². The van der Waals surface area contributed by atoms with Crippen LogP contribution in [-0.2, 0) is 6.54 Å². The van der Waals surface area contributed by atoms with Crippen molar-refractivity contribution in [1.82, 2.24) is 10.2 Å². The standard InChI is InChI=1S/C20H18ClFN2OS/c21-18-16-7-6-14(22)10-17(16)26-19(18)20(25)23-15-8-9-24(12-15)11-13-4-2-1-3-5-13/h1-7,10,15H,8-9,11-12H2,(H,23,25). The summed E-state index contributed by atoms with van der Waals surface area (Å²) >= 11 is 7.58. The maximum atomic E-state index is 13.4. The van der Waals surface area contributed by atoms with Gasteiger partial charge < -0.3 is 5.32 Å². The highest BCUT2D eigenvalue weighted by molar-refractivity contribution is 7.21. The van der Waals surface area contributed by atoms with Crippen molar-refractivity contribution in [2.75, 3.05) is 13.1 Å². The molecule has 2 aromatic carbocycles. The fourth-order valence-corrected chi connectivity index (χ4v) is 4.82. The lowest BCUT2D eigenvalue weighted by atomic mass is 10.2. The number of thiophene rings is 1. The number of rotatable bonds is 4. The molecule has 3 aromatic rings. The first-order valence-electron chi connectivity index (χ1n) is 8.55. The Bertz CT molecular complexity index is 944. The summed E-state index contributed by atoms with van der Waals surface area (Å²) in [7, 11) is 0. The summed E-state index contributed by atoms with van der Waals surface area (Å²) in [5.74, 6) is -0.502. The SMILES string of the molecule is O=C(NC1CCN(Cc2ccccc2)C1)c1sc2cc(F)ccc2c1Cl. The van der Waals surface area contributed by atoms with Crippen LogP contribution in [0, 0.1) is 5.82 Å². The zero-order valence-corrected chi connectivity index (χ0v) is 15.6. The van der Waals surface area contributed by atoms with E-state index in [0.29, 0.717) is 14.6 Å². The van der Waals surface area contributed by atoms with Crippen LogP contribution in [0.3, 0.4) is 0 Å². The van der Waals surface area contributed by atoms with Crippen LogP contribution in [0.1, 0.15) is 21.7 Å². The Morgan fingerprint density at radius 3 is 2.88 bits per heavy atom. The van der Waals surface area contributed by atoms with Gasteiger partial charge in [0.1, 0.15) is 10.7 Å². The molecule has 0 spiro atoms. The molecule has 1 atom stereocenters. The molecule has 4 rings (SSSR count). The largest absolute Gasteiger partial charge is 0.347 e. The first kappa shape index (κ1) is 17.5. The monoisotopic (exact) mass is 388 g/mol. The van der Waals surface area contributed by atoms with E-state index in [1.807, 2.05) is 18.2 Å². The summed E-state index contributed by atoms with van der Waals surface area (Å²) < 4.78 is 14.1. The van der Waals surface area contributed by atoms with Gasteiger partial charge in [0.2, 0.25) is 0 Å². The average Bonchev–Trinajstić information content (AvgIpc) is 3.20. The number of nitrogens with one attached hydrogen (secondary N) is 1. The van der Waals surface area contributed by atoms with Crippen LogP contribution in [-0.4, -0.2) is 29.9 Å². The fraction of sp³-hybridized carbons (Fsp3) is 0.250. The Kier molecular flexibility index (Phi) is 4.94. The number of nitrogens with zero attached hydrogens (tertiary/aromatic N) is 1. The second-order valence-electron chi connectivity index (χ2n) is 6.57. The molecule has 1 saturated heterocycles. The van der Waals surface area contributed by atoms with Crippen molar-refractivity contribution < 1.29 is 9.18 Å². The van der Waals surface area contributed by atoms with Gasteiger partial charge in [0.25, 0.3) is 5.91 Å². The molecule has 0 radical (unpaired) electrons. The molecule has 0 aliphatic carbocycles. The van der Waals surface area contributed by atoms with E-state index in [2.05, 4.69) is 22.3 Å². The zero-order valence-electron chi connectivity index (χ0n) is 14.0. The molecule has 1 aliphatic rings. The van der Waals surface area contributed by atoms with Crippen LogP contribution in [0.5, 0.6) is 0 Å². The van der Waals surface area contributed by atoms with Gasteiger partial charge >= 0.3 is 0 Å². The molecule has 6 heteroatoms. The highest BCUT2D eigenvalue weighted by Gasteiger charge is 2.26. The van der Waals surface area contributed by atoms with Gasteiger partial charge in [0.05, 0.1) is 5.02 Å². The third-order valence-electron chi connectivity index (χ3n) is 4.65. The maximum Gasteiger partial charge on any atom is 0.263 e. The molecular formula is C20H18ClFN2OS. The number of carbonyl (C=O) groups excluding carboxylic acids is 1. The van der Waals surface area contributed by atoms with Gasteiger partial charge in [-0.05, 0) is 30.2 Å². The lowest BCUT2D eigenvalue weighted by molar-refractivity contribution is 0.0942. The van der Waals surface area contributed by atoms with Crippen LogP contribution >= 0.6 is 22.9 Å². The minimum Gasteiger partial charge on any atom is -0.347 e. The van der Waals surface area contributed by atoms with E-state index in [9.17, 15) is 9.18 Å². The van der Waals surface area contributed by atoms with E-state index in [1.54, 1.807) is 6.07 Å². The molecule has 0 saturated carbocycles. The lowest BCUT2D eigenvalue weighted by Gasteiger charge is -2.16. The number of amides is 1. The first-order chi connectivity index (χ1) is 12.6. The van der Waals surface area contributed by atoms with Gasteiger partial charge in [0.15, 0.2) is 0 Å². The third-order valence-corrected chi connectivity index (χ3v) is 6.31. The fourth-order valence-electron chi connectivity index (χ4n) is 3.37. The minimum absolute atomic E-state index is 0.101. The van der Waals surface area contributed by atoms with Gasteiger partial charge in [0, 0.05) is 35.8 Å². The smallest absolute Gasteiger partial charge is 0.263 e. The van der Waals surface area contributed by atoms with Crippen molar-refractivity contribution in [2.24, 2.45) is 0 Å². The van der Waals surface area contributed by atoms with Gasteiger partial charge in [-0.1, -0.05) is 41.9 Å². The Balaban J connectivity index is 1.42. The zero-order chi connectivity index (χ0) is 18.1. The van der Waals surface area contributed by atoms with E-state index in [1.165, 1.54) is 29.0 Å². The molecule has 1 aliphatic heterocycles. The average molecular weight is 389 g/mol. The molecule has 26 heavy (non-hydrogen) atoms. The van der Waals surface area contributed by atoms with Crippen LogP contribution in [0.4, 0.5) is 4.39 Å². The normalized spacial score (nSPS) is 17.7. The van der Waals surface area contributed by atoms with Crippen molar-refractivity contribution in [3.63, 3.8) is 0 Å². The number of carbonyl (C=O) groups is 1. The molecule has 0 bridgehead atoms. The third kappa shape index (κ3) is 3.61. The summed E-state index contributed by atoms with van der Waals surface area (Å²) in [5.41, 5.74) is 1.27. The van der Waals surface area contributed by atoms with E-state index in [-0.39, 0.29) is 17.8 Å². The van der Waals surface area contributed by atoms with E-state index in [0.717, 1.165) is 31.4 Å². The topological polar surface area (TPSA) is 32.3 Å². The number of hydrogen-bond acceptors (Lipinski definition) is 3. The van der Waals surface area contributed by atoms with E-state index in [4.69, 9.17) is 11.6 Å².